The smallest absolute Gasteiger partial charge is 0.417 e. The Morgan fingerprint density at radius 3 is 2.51 bits per heavy atom. The van der Waals surface area contributed by atoms with Crippen LogP contribution in [0.4, 0.5) is 34.0 Å². The zero-order valence-corrected chi connectivity index (χ0v) is 22.8. The fraction of sp³-hybridized carbons (Fsp3) is 0.286. The van der Waals surface area contributed by atoms with Gasteiger partial charge in [0.15, 0.2) is 0 Å². The van der Waals surface area contributed by atoms with Gasteiger partial charge < -0.3 is 10.1 Å². The number of alkyl halides is 2. The van der Waals surface area contributed by atoms with Crippen molar-refractivity contribution >= 4 is 41.1 Å². The second-order valence-electron chi connectivity index (χ2n) is 9.87. The molecule has 0 bridgehead atoms. The van der Waals surface area contributed by atoms with E-state index in [2.05, 4.69) is 15.3 Å². The molecule has 1 unspecified atom stereocenters. The Kier molecular flexibility index (Phi) is 8.19. The number of carbonyl (C=O) groups is 3. The molecule has 2 heterocycles. The zero-order chi connectivity index (χ0) is 30.9. The monoisotopic (exact) mass is 616 g/mol. The van der Waals surface area contributed by atoms with E-state index in [0.29, 0.717) is 6.07 Å². The lowest BCUT2D eigenvalue weighted by atomic mass is 9.87. The van der Waals surface area contributed by atoms with Crippen molar-refractivity contribution in [3.05, 3.63) is 82.6 Å². The van der Waals surface area contributed by atoms with Crippen molar-refractivity contribution in [3.63, 3.8) is 0 Å². The van der Waals surface area contributed by atoms with Crippen molar-refractivity contribution in [3.8, 4) is 6.07 Å². The molecular formula is C28H21ClF4N6O4. The van der Waals surface area contributed by atoms with E-state index in [1.54, 1.807) is 12.1 Å². The number of rotatable bonds is 7. The average molecular weight is 617 g/mol. The summed E-state index contributed by atoms with van der Waals surface area (Å²) >= 11 is 6.44. The van der Waals surface area contributed by atoms with Gasteiger partial charge in [-0.1, -0.05) is 29.8 Å². The van der Waals surface area contributed by atoms with Crippen molar-refractivity contribution in [2.45, 2.75) is 43.3 Å². The molecule has 15 heteroatoms. The van der Waals surface area contributed by atoms with E-state index in [1.165, 1.54) is 30.5 Å². The molecule has 2 atom stereocenters. The predicted octanol–water partition coefficient (Wildman–Crippen LogP) is 4.68. The number of ether oxygens (including phenoxy) is 1. The third kappa shape index (κ3) is 6.21. The highest BCUT2D eigenvalue weighted by Gasteiger charge is 2.48. The molecule has 3 amide bonds. The molecule has 1 saturated carbocycles. The summed E-state index contributed by atoms with van der Waals surface area (Å²) in [7, 11) is 0. The number of anilines is 2. The molecule has 222 valence electrons. The maximum Gasteiger partial charge on any atom is 0.417 e. The third-order valence-corrected chi connectivity index (χ3v) is 7.23. The number of amides is 3. The summed E-state index contributed by atoms with van der Waals surface area (Å²) in [6.07, 6.45) is -1.35. The number of carbonyl (C=O) groups excluding carboxylic acids is 3. The molecule has 1 aliphatic heterocycles. The van der Waals surface area contributed by atoms with E-state index >= 15 is 0 Å². The maximum atomic E-state index is 14.6. The van der Waals surface area contributed by atoms with Gasteiger partial charge in [-0.2, -0.15) is 5.26 Å². The van der Waals surface area contributed by atoms with Crippen LogP contribution < -0.4 is 15.1 Å². The molecule has 1 aliphatic carbocycles. The number of nitriles is 1. The van der Waals surface area contributed by atoms with Crippen LogP contribution in [-0.4, -0.2) is 52.5 Å². The lowest BCUT2D eigenvalue weighted by molar-refractivity contribution is -0.133. The van der Waals surface area contributed by atoms with Crippen LogP contribution in [0.25, 0.3) is 0 Å². The van der Waals surface area contributed by atoms with Gasteiger partial charge in [-0.3, -0.25) is 14.5 Å². The van der Waals surface area contributed by atoms with Crippen LogP contribution in [0.2, 0.25) is 5.02 Å². The predicted molar refractivity (Wildman–Crippen MR) is 143 cm³/mol. The van der Waals surface area contributed by atoms with Gasteiger partial charge >= 0.3 is 6.09 Å². The largest absolute Gasteiger partial charge is 0.449 e. The van der Waals surface area contributed by atoms with Gasteiger partial charge in [-0.15, -0.1) is 0 Å². The number of hydrogen-bond donors (Lipinski definition) is 1. The summed E-state index contributed by atoms with van der Waals surface area (Å²) in [5.41, 5.74) is -0.547. The number of nitrogens with one attached hydrogen (secondary N) is 1. The van der Waals surface area contributed by atoms with E-state index in [9.17, 15) is 37.2 Å². The Labute approximate surface area is 246 Å². The van der Waals surface area contributed by atoms with Crippen LogP contribution in [0.15, 0.2) is 54.7 Å². The summed E-state index contributed by atoms with van der Waals surface area (Å²) in [4.78, 5) is 50.7. The van der Waals surface area contributed by atoms with Crippen LogP contribution >= 0.6 is 11.6 Å². The van der Waals surface area contributed by atoms with Crippen molar-refractivity contribution < 1.29 is 36.7 Å². The summed E-state index contributed by atoms with van der Waals surface area (Å²) in [6, 6.07) is 6.88. The number of aromatic nitrogens is 2. The standard InChI is InChI=1S/C28H21ClF4N6O4/c29-21-4-2-1-3-20(21)23(24(40)36-18-12-28(32,33)13-18)38(19-10-15(30)9-16(31)11-19)25(41)22-6-8-43-27(42)39(22)26-35-7-5-17(14-34)37-26/h1-5,7,9-11,18,22-23H,6,8,12-13H2,(H,36,40)/t22-,23?/m0/s1. The minimum Gasteiger partial charge on any atom is -0.449 e. The molecule has 0 radical (unpaired) electrons. The van der Waals surface area contributed by atoms with Gasteiger partial charge in [0, 0.05) is 48.2 Å². The molecule has 1 N–H and O–H groups in total. The maximum absolute atomic E-state index is 14.6. The normalized spacial score (nSPS) is 18.6. The fourth-order valence-corrected chi connectivity index (χ4v) is 5.18. The Bertz CT molecular complexity index is 1610. The Morgan fingerprint density at radius 2 is 1.86 bits per heavy atom. The molecule has 2 aromatic carbocycles. The summed E-state index contributed by atoms with van der Waals surface area (Å²) < 4.78 is 61.4. The van der Waals surface area contributed by atoms with Crippen molar-refractivity contribution in [2.24, 2.45) is 0 Å². The Hall–Kier alpha value is -4.77. The Morgan fingerprint density at radius 1 is 1.16 bits per heavy atom. The highest BCUT2D eigenvalue weighted by molar-refractivity contribution is 6.31. The van der Waals surface area contributed by atoms with E-state index in [4.69, 9.17) is 16.3 Å². The molecule has 1 saturated heterocycles. The first-order valence-electron chi connectivity index (χ1n) is 12.9. The molecule has 1 aromatic heterocycles. The average Bonchev–Trinajstić information content (AvgIpc) is 2.94. The molecule has 2 fully saturated rings. The van der Waals surface area contributed by atoms with E-state index in [-0.39, 0.29) is 35.3 Å². The number of cyclic esters (lactones) is 1. The minimum atomic E-state index is -2.99. The Balaban J connectivity index is 1.65. The van der Waals surface area contributed by atoms with Gasteiger partial charge in [0.1, 0.15) is 35.5 Å². The number of halogens is 5. The van der Waals surface area contributed by atoms with Crippen LogP contribution in [0.1, 0.15) is 36.6 Å². The first-order valence-corrected chi connectivity index (χ1v) is 13.3. The highest BCUT2D eigenvalue weighted by atomic mass is 35.5. The SMILES string of the molecule is N#Cc1ccnc(N2C(=O)OCC[C@H]2C(=O)N(c2cc(F)cc(F)c2)C(C(=O)NC2CC(F)(F)C2)c2ccccc2Cl)n1. The molecular weight excluding hydrogens is 596 g/mol. The summed E-state index contributed by atoms with van der Waals surface area (Å²) in [5.74, 6) is -7.52. The van der Waals surface area contributed by atoms with E-state index < -0.39 is 72.1 Å². The van der Waals surface area contributed by atoms with Gasteiger partial charge in [-0.25, -0.2) is 37.2 Å². The summed E-state index contributed by atoms with van der Waals surface area (Å²) in [6.45, 7) is -0.255. The van der Waals surface area contributed by atoms with Gasteiger partial charge in [0.25, 0.3) is 11.8 Å². The molecule has 43 heavy (non-hydrogen) atoms. The third-order valence-electron chi connectivity index (χ3n) is 6.89. The molecule has 10 nitrogen and oxygen atoms in total. The molecule has 5 rings (SSSR count). The topological polar surface area (TPSA) is 129 Å². The van der Waals surface area contributed by atoms with E-state index in [0.717, 1.165) is 21.9 Å². The van der Waals surface area contributed by atoms with Crippen LogP contribution in [0.5, 0.6) is 0 Å². The first-order chi connectivity index (χ1) is 20.5. The van der Waals surface area contributed by atoms with Gasteiger partial charge in [0.05, 0.1) is 12.3 Å². The van der Waals surface area contributed by atoms with E-state index in [1.807, 2.05) is 0 Å². The van der Waals surface area contributed by atoms with Crippen LogP contribution in [0, 0.1) is 23.0 Å². The fourth-order valence-electron chi connectivity index (χ4n) is 4.95. The lowest BCUT2D eigenvalue weighted by Crippen LogP contribution is -2.59. The molecule has 3 aromatic rings. The van der Waals surface area contributed by atoms with Gasteiger partial charge in [-0.05, 0) is 24.3 Å². The lowest BCUT2D eigenvalue weighted by Gasteiger charge is -2.40. The second kappa shape index (κ2) is 11.8. The first kappa shape index (κ1) is 29.7. The second-order valence-corrected chi connectivity index (χ2v) is 10.3. The van der Waals surface area contributed by atoms with Gasteiger partial charge in [0.2, 0.25) is 11.9 Å². The van der Waals surface area contributed by atoms with Crippen molar-refractivity contribution in [1.29, 1.82) is 5.26 Å². The number of hydrogen-bond acceptors (Lipinski definition) is 7. The van der Waals surface area contributed by atoms with Crippen LogP contribution in [0.3, 0.4) is 0 Å². The number of benzene rings is 2. The summed E-state index contributed by atoms with van der Waals surface area (Å²) in [5, 5.41) is 11.7. The molecule has 0 spiro atoms. The quantitative estimate of drug-likeness (QED) is 0.382. The minimum absolute atomic E-state index is 0.0124. The number of nitrogens with zero attached hydrogens (tertiary/aromatic N) is 5. The van der Waals surface area contributed by atoms with Crippen molar-refractivity contribution in [1.82, 2.24) is 15.3 Å². The van der Waals surface area contributed by atoms with Crippen LogP contribution in [-0.2, 0) is 14.3 Å². The van der Waals surface area contributed by atoms with Crippen molar-refractivity contribution in [2.75, 3.05) is 16.4 Å². The molecule has 2 aliphatic rings. The highest BCUT2D eigenvalue weighted by Crippen LogP contribution is 2.39. The zero-order valence-electron chi connectivity index (χ0n) is 22.0.